The maximum absolute atomic E-state index is 11.8. The standard InChI is InChI=1S/C13H15NO2/c1-13(2,3)8-5-6-9-10(7-8)12(16)14(4)11(9)15/h5-7H,1-4H3. The Kier molecular flexibility index (Phi) is 2.15. The molecule has 0 radical (unpaired) electrons. The van der Waals surface area contributed by atoms with Crippen molar-refractivity contribution in [2.45, 2.75) is 26.2 Å². The summed E-state index contributed by atoms with van der Waals surface area (Å²) in [5, 5.41) is 0. The number of benzene rings is 1. The molecule has 1 heterocycles. The number of hydrogen-bond acceptors (Lipinski definition) is 2. The molecule has 0 atom stereocenters. The average Bonchev–Trinajstić information content (AvgIpc) is 2.43. The summed E-state index contributed by atoms with van der Waals surface area (Å²) in [4.78, 5) is 24.6. The van der Waals surface area contributed by atoms with Crippen molar-refractivity contribution >= 4 is 11.8 Å². The minimum atomic E-state index is -0.208. The number of amides is 2. The SMILES string of the molecule is CN1C(=O)c2ccc(C(C)(C)C)cc2C1=O. The van der Waals surface area contributed by atoms with Crippen LogP contribution in [0.3, 0.4) is 0 Å². The lowest BCUT2D eigenvalue weighted by Crippen LogP contribution is -2.24. The minimum Gasteiger partial charge on any atom is -0.277 e. The van der Waals surface area contributed by atoms with Crippen molar-refractivity contribution in [3.63, 3.8) is 0 Å². The molecule has 0 aromatic heterocycles. The second-order valence-corrected chi connectivity index (χ2v) is 5.18. The molecule has 0 saturated carbocycles. The largest absolute Gasteiger partial charge is 0.277 e. The molecule has 2 rings (SSSR count). The van der Waals surface area contributed by atoms with Gasteiger partial charge in [-0.25, -0.2) is 0 Å². The van der Waals surface area contributed by atoms with E-state index >= 15 is 0 Å². The number of fused-ring (bicyclic) bond motifs is 1. The fourth-order valence-electron chi connectivity index (χ4n) is 1.83. The molecule has 0 fully saturated rings. The van der Waals surface area contributed by atoms with Crippen LogP contribution in [-0.2, 0) is 5.41 Å². The lowest BCUT2D eigenvalue weighted by Gasteiger charge is -2.19. The third-order valence-electron chi connectivity index (χ3n) is 2.96. The summed E-state index contributed by atoms with van der Waals surface area (Å²) < 4.78 is 0. The van der Waals surface area contributed by atoms with Gasteiger partial charge in [-0.3, -0.25) is 14.5 Å². The molecule has 0 saturated heterocycles. The highest BCUT2D eigenvalue weighted by molar-refractivity contribution is 6.21. The summed E-state index contributed by atoms with van der Waals surface area (Å²) in [7, 11) is 1.52. The summed E-state index contributed by atoms with van der Waals surface area (Å²) >= 11 is 0. The molecule has 0 unspecified atom stereocenters. The van der Waals surface area contributed by atoms with Gasteiger partial charge in [0.05, 0.1) is 11.1 Å². The van der Waals surface area contributed by atoms with E-state index in [1.165, 1.54) is 7.05 Å². The lowest BCUT2D eigenvalue weighted by atomic mass is 9.85. The van der Waals surface area contributed by atoms with Crippen LogP contribution in [-0.4, -0.2) is 23.8 Å². The van der Waals surface area contributed by atoms with E-state index in [2.05, 4.69) is 20.8 Å². The first-order valence-corrected chi connectivity index (χ1v) is 5.29. The van der Waals surface area contributed by atoms with Crippen LogP contribution in [0.15, 0.2) is 18.2 Å². The lowest BCUT2D eigenvalue weighted by molar-refractivity contribution is 0.0693. The number of carbonyl (C=O) groups is 2. The van der Waals surface area contributed by atoms with E-state index in [9.17, 15) is 9.59 Å². The molecular formula is C13H15NO2. The fourth-order valence-corrected chi connectivity index (χ4v) is 1.83. The Morgan fingerprint density at radius 3 is 2.12 bits per heavy atom. The molecule has 0 bridgehead atoms. The van der Waals surface area contributed by atoms with Crippen LogP contribution in [0.2, 0.25) is 0 Å². The van der Waals surface area contributed by atoms with Crippen LogP contribution >= 0.6 is 0 Å². The molecule has 3 nitrogen and oxygen atoms in total. The molecule has 0 N–H and O–H groups in total. The summed E-state index contributed by atoms with van der Waals surface area (Å²) in [5.74, 6) is -0.411. The highest BCUT2D eigenvalue weighted by Crippen LogP contribution is 2.28. The van der Waals surface area contributed by atoms with Crippen LogP contribution in [0.1, 0.15) is 47.1 Å². The number of imide groups is 1. The molecule has 1 aromatic rings. The second kappa shape index (κ2) is 3.17. The van der Waals surface area contributed by atoms with Crippen molar-refractivity contribution in [1.82, 2.24) is 4.90 Å². The van der Waals surface area contributed by atoms with E-state index in [0.29, 0.717) is 11.1 Å². The van der Waals surface area contributed by atoms with Gasteiger partial charge in [-0.15, -0.1) is 0 Å². The predicted octanol–water partition coefficient (Wildman–Crippen LogP) is 2.21. The molecule has 16 heavy (non-hydrogen) atoms. The van der Waals surface area contributed by atoms with Gasteiger partial charge in [0.1, 0.15) is 0 Å². The maximum Gasteiger partial charge on any atom is 0.261 e. The summed E-state index contributed by atoms with van der Waals surface area (Å²) in [6, 6.07) is 5.50. The molecule has 1 aromatic carbocycles. The predicted molar refractivity (Wildman–Crippen MR) is 61.6 cm³/mol. The van der Waals surface area contributed by atoms with Crippen molar-refractivity contribution in [3.05, 3.63) is 34.9 Å². The van der Waals surface area contributed by atoms with Gasteiger partial charge in [0.2, 0.25) is 0 Å². The topological polar surface area (TPSA) is 37.4 Å². The van der Waals surface area contributed by atoms with E-state index in [1.807, 2.05) is 12.1 Å². The minimum absolute atomic E-state index is 0.0144. The first-order valence-electron chi connectivity index (χ1n) is 5.29. The highest BCUT2D eigenvalue weighted by atomic mass is 16.2. The van der Waals surface area contributed by atoms with E-state index < -0.39 is 0 Å². The van der Waals surface area contributed by atoms with Crippen LogP contribution in [0.25, 0.3) is 0 Å². The van der Waals surface area contributed by atoms with Crippen molar-refractivity contribution in [3.8, 4) is 0 Å². The molecule has 0 aliphatic carbocycles. The molecule has 84 valence electrons. The Morgan fingerprint density at radius 1 is 1.00 bits per heavy atom. The van der Waals surface area contributed by atoms with Gasteiger partial charge < -0.3 is 0 Å². The van der Waals surface area contributed by atoms with Gasteiger partial charge >= 0.3 is 0 Å². The van der Waals surface area contributed by atoms with Gasteiger partial charge in [0, 0.05) is 7.05 Å². The zero-order valence-electron chi connectivity index (χ0n) is 10.00. The zero-order chi connectivity index (χ0) is 12.1. The van der Waals surface area contributed by atoms with Crippen LogP contribution in [0, 0.1) is 0 Å². The number of carbonyl (C=O) groups excluding carboxylic acids is 2. The molecule has 1 aliphatic heterocycles. The van der Waals surface area contributed by atoms with E-state index in [0.717, 1.165) is 10.5 Å². The molecule has 3 heteroatoms. The fraction of sp³-hybridized carbons (Fsp3) is 0.385. The van der Waals surface area contributed by atoms with Crippen LogP contribution in [0.5, 0.6) is 0 Å². The quantitative estimate of drug-likeness (QED) is 0.625. The van der Waals surface area contributed by atoms with Crippen molar-refractivity contribution in [2.24, 2.45) is 0 Å². The number of nitrogens with zero attached hydrogens (tertiary/aromatic N) is 1. The normalized spacial score (nSPS) is 15.6. The van der Waals surface area contributed by atoms with Gasteiger partial charge in [0.15, 0.2) is 0 Å². The third-order valence-corrected chi connectivity index (χ3v) is 2.96. The summed E-state index contributed by atoms with van der Waals surface area (Å²) in [6.07, 6.45) is 0. The Balaban J connectivity index is 2.58. The molecule has 2 amide bonds. The maximum atomic E-state index is 11.8. The zero-order valence-corrected chi connectivity index (χ0v) is 10.00. The Hall–Kier alpha value is -1.64. The summed E-state index contributed by atoms with van der Waals surface area (Å²) in [5.41, 5.74) is 2.10. The van der Waals surface area contributed by atoms with Gasteiger partial charge in [-0.2, -0.15) is 0 Å². The van der Waals surface area contributed by atoms with Gasteiger partial charge in [0.25, 0.3) is 11.8 Å². The van der Waals surface area contributed by atoms with E-state index in [1.54, 1.807) is 6.07 Å². The second-order valence-electron chi connectivity index (χ2n) is 5.18. The van der Waals surface area contributed by atoms with E-state index in [-0.39, 0.29) is 17.2 Å². The number of rotatable bonds is 0. The summed E-state index contributed by atoms with van der Waals surface area (Å²) in [6.45, 7) is 6.25. The van der Waals surface area contributed by atoms with Crippen LogP contribution < -0.4 is 0 Å². The first-order chi connectivity index (χ1) is 7.32. The smallest absolute Gasteiger partial charge is 0.261 e. The first kappa shape index (κ1) is 10.9. The molecule has 0 spiro atoms. The molecular weight excluding hydrogens is 202 g/mol. The van der Waals surface area contributed by atoms with Gasteiger partial charge in [-0.1, -0.05) is 26.8 Å². The third kappa shape index (κ3) is 1.43. The van der Waals surface area contributed by atoms with Gasteiger partial charge in [-0.05, 0) is 23.1 Å². The number of hydrogen-bond donors (Lipinski definition) is 0. The van der Waals surface area contributed by atoms with Crippen molar-refractivity contribution in [1.29, 1.82) is 0 Å². The monoisotopic (exact) mass is 217 g/mol. The molecule has 1 aliphatic rings. The van der Waals surface area contributed by atoms with Crippen molar-refractivity contribution in [2.75, 3.05) is 7.05 Å². The van der Waals surface area contributed by atoms with E-state index in [4.69, 9.17) is 0 Å². The highest BCUT2D eigenvalue weighted by Gasteiger charge is 2.33. The van der Waals surface area contributed by atoms with Crippen molar-refractivity contribution < 1.29 is 9.59 Å². The Morgan fingerprint density at radius 2 is 1.56 bits per heavy atom. The average molecular weight is 217 g/mol. The Bertz CT molecular complexity index is 483. The van der Waals surface area contributed by atoms with Crippen LogP contribution in [0.4, 0.5) is 0 Å². The Labute approximate surface area is 95.1 Å².